The number of Topliss-reactive ketones (excluding diaryl/α,β-unsaturated/α-hetero) is 1. The van der Waals surface area contributed by atoms with Crippen molar-refractivity contribution in [1.29, 1.82) is 0 Å². The Labute approximate surface area is 133 Å². The Morgan fingerprint density at radius 3 is 2.09 bits per heavy atom. The van der Waals surface area contributed by atoms with E-state index < -0.39 is 8.07 Å². The van der Waals surface area contributed by atoms with Crippen LogP contribution in [-0.4, -0.2) is 13.9 Å². The van der Waals surface area contributed by atoms with Crippen LogP contribution in [0.1, 0.15) is 18.4 Å². The Kier molecular flexibility index (Phi) is 4.12. The third-order valence-corrected chi connectivity index (χ3v) is 9.26. The number of rotatable bonds is 3. The second-order valence-corrected chi connectivity index (χ2v) is 11.5. The molecule has 3 rings (SSSR count). The van der Waals surface area contributed by atoms with E-state index in [2.05, 4.69) is 49.5 Å². The van der Waals surface area contributed by atoms with Gasteiger partial charge in [0.15, 0.2) is 5.78 Å². The first-order chi connectivity index (χ1) is 10.6. The van der Waals surface area contributed by atoms with Gasteiger partial charge in [0, 0.05) is 12.0 Å². The van der Waals surface area contributed by atoms with Crippen molar-refractivity contribution < 1.29 is 4.79 Å². The lowest BCUT2D eigenvalue weighted by Crippen LogP contribution is -2.47. The zero-order valence-corrected chi connectivity index (χ0v) is 14.3. The second kappa shape index (κ2) is 6.05. The standard InChI is InChI=1S/C20H22OSi/c1-22(2,17-11-7-4-8-12-17)18-13-14-19(20(21)15-18)16-9-5-3-6-10-16/h3-12,14,18H,13,15H2,1-2H3/t18-/m1/s1. The third-order valence-electron chi connectivity index (χ3n) is 4.96. The molecule has 0 bridgehead atoms. The summed E-state index contributed by atoms with van der Waals surface area (Å²) in [5.74, 6) is 0.305. The molecule has 0 aliphatic heterocycles. The van der Waals surface area contributed by atoms with E-state index in [0.29, 0.717) is 17.7 Å². The second-order valence-electron chi connectivity index (χ2n) is 6.63. The summed E-state index contributed by atoms with van der Waals surface area (Å²) in [4.78, 5) is 12.6. The highest BCUT2D eigenvalue weighted by molar-refractivity contribution is 6.91. The van der Waals surface area contributed by atoms with Gasteiger partial charge in [-0.25, -0.2) is 0 Å². The van der Waals surface area contributed by atoms with Crippen molar-refractivity contribution >= 4 is 24.6 Å². The highest BCUT2D eigenvalue weighted by atomic mass is 28.3. The summed E-state index contributed by atoms with van der Waals surface area (Å²) in [5, 5.41) is 1.45. The molecule has 2 aromatic carbocycles. The van der Waals surface area contributed by atoms with Crippen LogP contribution >= 0.6 is 0 Å². The Morgan fingerprint density at radius 1 is 0.909 bits per heavy atom. The van der Waals surface area contributed by atoms with Gasteiger partial charge >= 0.3 is 0 Å². The molecule has 1 nitrogen and oxygen atoms in total. The van der Waals surface area contributed by atoms with E-state index in [0.717, 1.165) is 17.6 Å². The number of hydrogen-bond acceptors (Lipinski definition) is 1. The van der Waals surface area contributed by atoms with Gasteiger partial charge in [-0.15, -0.1) is 0 Å². The van der Waals surface area contributed by atoms with Crippen molar-refractivity contribution in [3.63, 3.8) is 0 Å². The number of carbonyl (C=O) groups excluding carboxylic acids is 1. The van der Waals surface area contributed by atoms with Gasteiger partial charge in [-0.1, -0.05) is 85.0 Å². The predicted molar refractivity (Wildman–Crippen MR) is 96.0 cm³/mol. The zero-order valence-electron chi connectivity index (χ0n) is 13.3. The molecule has 1 atom stereocenters. The lowest BCUT2D eigenvalue weighted by atomic mass is 9.92. The monoisotopic (exact) mass is 306 g/mol. The molecule has 22 heavy (non-hydrogen) atoms. The van der Waals surface area contributed by atoms with Crippen LogP contribution in [0.2, 0.25) is 18.6 Å². The molecule has 112 valence electrons. The largest absolute Gasteiger partial charge is 0.294 e. The zero-order chi connectivity index (χ0) is 15.6. The minimum absolute atomic E-state index is 0.305. The summed E-state index contributed by atoms with van der Waals surface area (Å²) in [6.07, 6.45) is 3.88. The summed E-state index contributed by atoms with van der Waals surface area (Å²) in [7, 11) is -1.62. The fourth-order valence-electron chi connectivity index (χ4n) is 3.34. The Balaban J connectivity index is 1.86. The van der Waals surface area contributed by atoms with Gasteiger partial charge in [-0.05, 0) is 17.5 Å². The average Bonchev–Trinajstić information content (AvgIpc) is 2.56. The van der Waals surface area contributed by atoms with Gasteiger partial charge in [0.2, 0.25) is 0 Å². The molecule has 1 aliphatic carbocycles. The summed E-state index contributed by atoms with van der Waals surface area (Å²) in [6, 6.07) is 20.8. The van der Waals surface area contributed by atoms with Crippen LogP contribution < -0.4 is 5.19 Å². The predicted octanol–water partition coefficient (Wildman–Crippen LogP) is 4.42. The van der Waals surface area contributed by atoms with Crippen LogP contribution in [0.4, 0.5) is 0 Å². The third kappa shape index (κ3) is 2.84. The quantitative estimate of drug-likeness (QED) is 0.767. The summed E-state index contributed by atoms with van der Waals surface area (Å²) < 4.78 is 0. The highest BCUT2D eigenvalue weighted by Gasteiger charge is 2.37. The number of ketones is 1. The van der Waals surface area contributed by atoms with Gasteiger partial charge in [-0.2, -0.15) is 0 Å². The Bertz CT molecular complexity index is 686. The van der Waals surface area contributed by atoms with Crippen LogP contribution in [0.5, 0.6) is 0 Å². The van der Waals surface area contributed by atoms with E-state index in [1.807, 2.05) is 30.3 Å². The first-order valence-electron chi connectivity index (χ1n) is 7.93. The van der Waals surface area contributed by atoms with E-state index in [9.17, 15) is 4.79 Å². The van der Waals surface area contributed by atoms with Crippen molar-refractivity contribution in [3.8, 4) is 0 Å². The number of hydrogen-bond donors (Lipinski definition) is 0. The van der Waals surface area contributed by atoms with Crippen LogP contribution in [0.3, 0.4) is 0 Å². The molecule has 0 aromatic heterocycles. The van der Waals surface area contributed by atoms with E-state index in [-0.39, 0.29) is 0 Å². The van der Waals surface area contributed by atoms with Gasteiger partial charge in [0.05, 0.1) is 8.07 Å². The smallest absolute Gasteiger partial charge is 0.163 e. The maximum atomic E-state index is 12.6. The molecule has 0 heterocycles. The van der Waals surface area contributed by atoms with E-state index in [4.69, 9.17) is 0 Å². The fourth-order valence-corrected chi connectivity index (χ4v) is 6.27. The summed E-state index contributed by atoms with van der Waals surface area (Å²) in [5.41, 5.74) is 2.47. The summed E-state index contributed by atoms with van der Waals surface area (Å²) in [6.45, 7) is 4.78. The van der Waals surface area contributed by atoms with Crippen molar-refractivity contribution in [2.75, 3.05) is 0 Å². The highest BCUT2D eigenvalue weighted by Crippen LogP contribution is 2.37. The maximum Gasteiger partial charge on any atom is 0.163 e. The number of benzene rings is 2. The molecule has 2 heteroatoms. The molecule has 0 saturated carbocycles. The van der Waals surface area contributed by atoms with Crippen molar-refractivity contribution in [2.24, 2.45) is 0 Å². The molecule has 0 saturated heterocycles. The van der Waals surface area contributed by atoms with Gasteiger partial charge in [0.25, 0.3) is 0 Å². The molecule has 0 amide bonds. The molecule has 0 unspecified atom stereocenters. The number of allylic oxidation sites excluding steroid dienone is 2. The van der Waals surface area contributed by atoms with Crippen LogP contribution in [0.15, 0.2) is 66.7 Å². The Hall–Kier alpha value is -1.93. The lowest BCUT2D eigenvalue weighted by molar-refractivity contribution is -0.114. The molecule has 1 aliphatic rings. The van der Waals surface area contributed by atoms with Gasteiger partial charge in [0.1, 0.15) is 0 Å². The lowest BCUT2D eigenvalue weighted by Gasteiger charge is -2.34. The van der Waals surface area contributed by atoms with Crippen LogP contribution in [0.25, 0.3) is 5.57 Å². The first-order valence-corrected chi connectivity index (χ1v) is 11.0. The van der Waals surface area contributed by atoms with Gasteiger partial charge < -0.3 is 0 Å². The first kappa shape index (κ1) is 15.0. The molecule has 0 fully saturated rings. The SMILES string of the molecule is C[Si](C)(c1ccccc1)[C@@H]1CC=C(c2ccccc2)C(=O)C1. The average molecular weight is 306 g/mol. The molecule has 0 radical (unpaired) electrons. The van der Waals surface area contributed by atoms with E-state index >= 15 is 0 Å². The van der Waals surface area contributed by atoms with E-state index in [1.165, 1.54) is 5.19 Å². The van der Waals surface area contributed by atoms with Crippen LogP contribution in [-0.2, 0) is 4.79 Å². The Morgan fingerprint density at radius 2 is 1.50 bits per heavy atom. The van der Waals surface area contributed by atoms with Crippen molar-refractivity contribution in [2.45, 2.75) is 31.5 Å². The van der Waals surface area contributed by atoms with Crippen molar-refractivity contribution in [3.05, 3.63) is 72.3 Å². The number of carbonyl (C=O) groups is 1. The normalized spacial score (nSPS) is 18.9. The van der Waals surface area contributed by atoms with E-state index in [1.54, 1.807) is 0 Å². The fraction of sp³-hybridized carbons (Fsp3) is 0.250. The van der Waals surface area contributed by atoms with Gasteiger partial charge in [-0.3, -0.25) is 4.79 Å². The minimum atomic E-state index is -1.62. The topological polar surface area (TPSA) is 17.1 Å². The van der Waals surface area contributed by atoms with Crippen molar-refractivity contribution in [1.82, 2.24) is 0 Å². The molecule has 2 aromatic rings. The summed E-state index contributed by atoms with van der Waals surface area (Å²) >= 11 is 0. The maximum absolute atomic E-state index is 12.6. The molecular weight excluding hydrogens is 284 g/mol. The molecular formula is C20H22OSi. The molecule has 0 spiro atoms. The van der Waals surface area contributed by atoms with Crippen LogP contribution in [0, 0.1) is 0 Å². The minimum Gasteiger partial charge on any atom is -0.294 e. The molecule has 0 N–H and O–H groups in total.